The van der Waals surface area contributed by atoms with Gasteiger partial charge in [0.25, 0.3) is 5.91 Å². The van der Waals surface area contributed by atoms with Gasteiger partial charge in [-0.15, -0.1) is 0 Å². The summed E-state index contributed by atoms with van der Waals surface area (Å²) >= 11 is 0. The molecule has 2 aromatic rings. The van der Waals surface area contributed by atoms with Gasteiger partial charge in [-0.3, -0.25) is 14.7 Å². The lowest BCUT2D eigenvalue weighted by molar-refractivity contribution is 0.0886. The van der Waals surface area contributed by atoms with Gasteiger partial charge in [0.15, 0.2) is 0 Å². The van der Waals surface area contributed by atoms with Crippen LogP contribution in [0, 0.1) is 0 Å². The molecule has 0 bridgehead atoms. The summed E-state index contributed by atoms with van der Waals surface area (Å²) in [4.78, 5) is 19.4. The molecule has 2 aliphatic heterocycles. The van der Waals surface area contributed by atoms with E-state index in [-0.39, 0.29) is 18.2 Å². The highest BCUT2D eigenvalue weighted by molar-refractivity contribution is 5.96. The van der Waals surface area contributed by atoms with Crippen molar-refractivity contribution in [1.82, 2.24) is 37.1 Å². The Bertz CT molecular complexity index is 790. The van der Waals surface area contributed by atoms with E-state index in [1.54, 1.807) is 6.07 Å². The fourth-order valence-electron chi connectivity index (χ4n) is 3.52. The Labute approximate surface area is 170 Å². The van der Waals surface area contributed by atoms with E-state index in [0.717, 1.165) is 38.2 Å². The van der Waals surface area contributed by atoms with Crippen LogP contribution in [-0.4, -0.2) is 47.7 Å². The average molecular weight is 397 g/mol. The van der Waals surface area contributed by atoms with Crippen molar-refractivity contribution in [3.63, 3.8) is 0 Å². The number of amides is 1. The van der Waals surface area contributed by atoms with Crippen LogP contribution in [0.15, 0.2) is 48.7 Å². The maximum absolute atomic E-state index is 12.6. The number of piperidine rings is 1. The number of hydrazine groups is 3. The Morgan fingerprint density at radius 1 is 1.10 bits per heavy atom. The molecule has 5 N–H and O–H groups in total. The lowest BCUT2D eigenvalue weighted by atomic mass is 10.1. The number of nitrogens with zero attached hydrogens (tertiary/aromatic N) is 2. The number of carbonyl (C=O) groups excluding carboxylic acids is 1. The molecule has 2 aliphatic rings. The molecule has 2 saturated heterocycles. The lowest BCUT2D eigenvalue weighted by Crippen LogP contribution is -2.44. The average Bonchev–Trinajstić information content (AvgIpc) is 3.28. The van der Waals surface area contributed by atoms with E-state index in [9.17, 15) is 4.79 Å². The molecule has 0 aliphatic carbocycles. The maximum Gasteiger partial charge on any atom is 0.255 e. The van der Waals surface area contributed by atoms with Crippen molar-refractivity contribution in [2.24, 2.45) is 0 Å². The highest BCUT2D eigenvalue weighted by Crippen LogP contribution is 2.23. The van der Waals surface area contributed by atoms with Crippen LogP contribution in [0.2, 0.25) is 0 Å². The van der Waals surface area contributed by atoms with Gasteiger partial charge < -0.3 is 10.1 Å². The summed E-state index contributed by atoms with van der Waals surface area (Å²) in [6, 6.07) is 13.4. The standard InChI is InChI=1S/C20H27N7O2/c28-20(22-13-19-23-25-26-24-19)17-6-1-2-7-18(17)29-16-8-11-27(12-9-16)14-15-5-3-4-10-21-15/h1-7,10,16,19,23-26H,8-9,11-14H2,(H,22,28). The van der Waals surface area contributed by atoms with Crippen molar-refractivity contribution in [3.05, 3.63) is 59.9 Å². The van der Waals surface area contributed by atoms with Crippen LogP contribution in [0.4, 0.5) is 0 Å². The number of hydrogen-bond donors (Lipinski definition) is 5. The maximum atomic E-state index is 12.6. The van der Waals surface area contributed by atoms with Gasteiger partial charge in [-0.25, -0.2) is 10.9 Å². The second-order valence-corrected chi connectivity index (χ2v) is 7.21. The van der Waals surface area contributed by atoms with Gasteiger partial charge in [-0.2, -0.15) is 11.1 Å². The fourth-order valence-corrected chi connectivity index (χ4v) is 3.52. The molecule has 2 fully saturated rings. The van der Waals surface area contributed by atoms with Gasteiger partial charge >= 0.3 is 0 Å². The van der Waals surface area contributed by atoms with Crippen molar-refractivity contribution in [1.29, 1.82) is 0 Å². The third kappa shape index (κ3) is 5.49. The molecule has 0 radical (unpaired) electrons. The third-order valence-electron chi connectivity index (χ3n) is 5.09. The van der Waals surface area contributed by atoms with Gasteiger partial charge in [0.05, 0.1) is 11.3 Å². The summed E-state index contributed by atoms with van der Waals surface area (Å²) in [6.07, 6.45) is 3.71. The Balaban J connectivity index is 1.29. The largest absolute Gasteiger partial charge is 0.489 e. The summed E-state index contributed by atoms with van der Waals surface area (Å²) in [5.41, 5.74) is 13.0. The fraction of sp³-hybridized carbons (Fsp3) is 0.400. The van der Waals surface area contributed by atoms with Crippen molar-refractivity contribution in [2.45, 2.75) is 31.7 Å². The van der Waals surface area contributed by atoms with Crippen molar-refractivity contribution < 1.29 is 9.53 Å². The highest BCUT2D eigenvalue weighted by atomic mass is 16.5. The van der Waals surface area contributed by atoms with Crippen LogP contribution in [0.5, 0.6) is 5.75 Å². The molecule has 0 spiro atoms. The summed E-state index contributed by atoms with van der Waals surface area (Å²) in [7, 11) is 0. The van der Waals surface area contributed by atoms with Crippen LogP contribution in [0.3, 0.4) is 0 Å². The zero-order valence-corrected chi connectivity index (χ0v) is 16.2. The van der Waals surface area contributed by atoms with E-state index in [1.807, 2.05) is 36.5 Å². The quantitative estimate of drug-likeness (QED) is 0.455. The molecule has 3 heterocycles. The van der Waals surface area contributed by atoms with Crippen molar-refractivity contribution in [3.8, 4) is 5.75 Å². The molecule has 29 heavy (non-hydrogen) atoms. The van der Waals surface area contributed by atoms with Gasteiger partial charge in [0.2, 0.25) is 0 Å². The zero-order valence-electron chi connectivity index (χ0n) is 16.2. The highest BCUT2D eigenvalue weighted by Gasteiger charge is 2.23. The van der Waals surface area contributed by atoms with E-state index in [0.29, 0.717) is 17.9 Å². The molecule has 1 aromatic heterocycles. The van der Waals surface area contributed by atoms with Crippen LogP contribution in [0.1, 0.15) is 28.9 Å². The zero-order chi connectivity index (χ0) is 19.9. The van der Waals surface area contributed by atoms with E-state index < -0.39 is 0 Å². The third-order valence-corrected chi connectivity index (χ3v) is 5.09. The molecule has 1 amide bonds. The number of ether oxygens (including phenoxy) is 1. The summed E-state index contributed by atoms with van der Waals surface area (Å²) in [5.74, 6) is 0.487. The van der Waals surface area contributed by atoms with Crippen LogP contribution in [-0.2, 0) is 6.54 Å². The first-order chi connectivity index (χ1) is 14.3. The molecular weight excluding hydrogens is 370 g/mol. The molecule has 154 valence electrons. The number of benzene rings is 1. The van der Waals surface area contributed by atoms with Gasteiger partial charge in [0.1, 0.15) is 18.0 Å². The molecule has 0 saturated carbocycles. The Morgan fingerprint density at radius 2 is 1.86 bits per heavy atom. The van der Waals surface area contributed by atoms with Gasteiger partial charge in [0, 0.05) is 32.4 Å². The van der Waals surface area contributed by atoms with E-state index in [4.69, 9.17) is 4.74 Å². The van der Waals surface area contributed by atoms with Gasteiger partial charge in [-0.05, 0) is 37.1 Å². The number of hydrogen-bond acceptors (Lipinski definition) is 8. The Kier molecular flexibility index (Phi) is 6.65. The number of nitrogens with one attached hydrogen (secondary N) is 5. The molecule has 0 unspecified atom stereocenters. The minimum atomic E-state index is -0.149. The normalized spacial score (nSPS) is 18.6. The molecule has 9 heteroatoms. The minimum absolute atomic E-state index is 0.0875. The molecule has 0 atom stereocenters. The number of pyridine rings is 1. The monoisotopic (exact) mass is 397 g/mol. The Morgan fingerprint density at radius 3 is 2.62 bits per heavy atom. The second kappa shape index (κ2) is 9.77. The van der Waals surface area contributed by atoms with E-state index in [1.165, 1.54) is 0 Å². The second-order valence-electron chi connectivity index (χ2n) is 7.21. The first kappa shape index (κ1) is 19.7. The minimum Gasteiger partial charge on any atom is -0.489 e. The van der Waals surface area contributed by atoms with Crippen LogP contribution in [0.25, 0.3) is 0 Å². The molecular formula is C20H27N7O2. The van der Waals surface area contributed by atoms with Crippen molar-refractivity contribution >= 4 is 5.91 Å². The van der Waals surface area contributed by atoms with Crippen LogP contribution < -0.4 is 32.0 Å². The summed E-state index contributed by atoms with van der Waals surface area (Å²) < 4.78 is 6.22. The van der Waals surface area contributed by atoms with E-state index in [2.05, 4.69) is 43.2 Å². The molecule has 1 aromatic carbocycles. The Hall–Kier alpha value is -2.56. The smallest absolute Gasteiger partial charge is 0.255 e. The summed E-state index contributed by atoms with van der Waals surface area (Å²) in [5, 5.41) is 2.91. The number of carbonyl (C=O) groups is 1. The lowest BCUT2D eigenvalue weighted by Gasteiger charge is -2.32. The van der Waals surface area contributed by atoms with E-state index >= 15 is 0 Å². The van der Waals surface area contributed by atoms with Gasteiger partial charge in [-0.1, -0.05) is 18.2 Å². The van der Waals surface area contributed by atoms with Crippen molar-refractivity contribution in [2.75, 3.05) is 19.6 Å². The number of para-hydroxylation sites is 1. The predicted octanol–water partition coefficient (Wildman–Crippen LogP) is 0.298. The number of likely N-dealkylation sites (tertiary alicyclic amines) is 1. The predicted molar refractivity (Wildman–Crippen MR) is 108 cm³/mol. The topological polar surface area (TPSA) is 103 Å². The van der Waals surface area contributed by atoms with Crippen LogP contribution >= 0.6 is 0 Å². The number of aromatic nitrogens is 1. The molecule has 4 rings (SSSR count). The summed E-state index contributed by atoms with van der Waals surface area (Å²) in [6.45, 7) is 3.20. The number of rotatable bonds is 7. The first-order valence-corrected chi connectivity index (χ1v) is 9.95. The SMILES string of the molecule is O=C(NCC1NNNN1)c1ccccc1OC1CCN(Cc2ccccn2)CC1. The molecule has 9 nitrogen and oxygen atoms in total. The first-order valence-electron chi connectivity index (χ1n) is 9.95.